The Morgan fingerprint density at radius 3 is 2.44 bits per heavy atom. The fourth-order valence-electron chi connectivity index (χ4n) is 6.95. The monoisotopic (exact) mass is 775 g/mol. The van der Waals surface area contributed by atoms with Crippen molar-refractivity contribution < 1.29 is 26.7 Å². The van der Waals surface area contributed by atoms with Crippen molar-refractivity contribution in [2.24, 2.45) is 0 Å². The maximum atomic E-state index is 15.6. The number of piperazine rings is 1. The van der Waals surface area contributed by atoms with Crippen LogP contribution in [0.1, 0.15) is 25.5 Å². The Labute approximate surface area is 292 Å². The Hall–Kier alpha value is -4.51. The summed E-state index contributed by atoms with van der Waals surface area (Å²) in [6.07, 6.45) is -2.33. The third-order valence-electron chi connectivity index (χ3n) is 9.04. The molecule has 0 N–H and O–H groups in total. The number of hydrogen-bond donors (Lipinski definition) is 0. The highest BCUT2D eigenvalue weighted by molar-refractivity contribution is 9.10. The van der Waals surface area contributed by atoms with Gasteiger partial charge < -0.3 is 9.80 Å². The van der Waals surface area contributed by atoms with Gasteiger partial charge in [-0.3, -0.25) is 13.8 Å². The molecule has 5 heterocycles. The van der Waals surface area contributed by atoms with Crippen molar-refractivity contribution >= 4 is 56.0 Å². The summed E-state index contributed by atoms with van der Waals surface area (Å²) in [5.41, 5.74) is -3.29. The number of rotatable bonds is 4. The van der Waals surface area contributed by atoms with Crippen LogP contribution >= 0.6 is 27.7 Å². The molecule has 1 amide bonds. The summed E-state index contributed by atoms with van der Waals surface area (Å²) >= 11 is 3.89. The highest BCUT2D eigenvalue weighted by Gasteiger charge is 2.41. The normalized spacial score (nSPS) is 19.6. The van der Waals surface area contributed by atoms with Crippen LogP contribution in [-0.2, 0) is 17.5 Å². The van der Waals surface area contributed by atoms with Crippen LogP contribution in [0.3, 0.4) is 0 Å². The number of carbonyl (C=O) groups excluding carboxylic acids is 1. The molecular weight excluding hydrogens is 749 g/mol. The van der Waals surface area contributed by atoms with Gasteiger partial charge in [-0.05, 0) is 60.1 Å². The number of halogens is 6. The lowest BCUT2D eigenvalue weighted by Gasteiger charge is -2.44. The van der Waals surface area contributed by atoms with Crippen LogP contribution in [0.25, 0.3) is 27.7 Å². The lowest BCUT2D eigenvalue weighted by molar-refractivity contribution is -0.137. The molecule has 1 fully saturated rings. The molecule has 0 spiro atoms. The maximum absolute atomic E-state index is 15.6. The van der Waals surface area contributed by atoms with E-state index in [-0.39, 0.29) is 57.4 Å². The zero-order valence-corrected chi connectivity index (χ0v) is 28.8. The number of amides is 1. The van der Waals surface area contributed by atoms with Crippen LogP contribution in [-0.4, -0.2) is 65.5 Å². The predicted octanol–water partition coefficient (Wildman–Crippen LogP) is 5.89. The van der Waals surface area contributed by atoms with Gasteiger partial charge in [0.25, 0.3) is 0 Å². The molecule has 50 heavy (non-hydrogen) atoms. The molecule has 3 atom stereocenters. The summed E-state index contributed by atoms with van der Waals surface area (Å²) in [6, 6.07) is 5.54. The summed E-state index contributed by atoms with van der Waals surface area (Å²) in [6.45, 7) is 7.19. The van der Waals surface area contributed by atoms with Gasteiger partial charge in [-0.2, -0.15) is 18.2 Å². The van der Waals surface area contributed by atoms with E-state index in [1.807, 2.05) is 0 Å². The SMILES string of the molecule is C=CC(=O)N1[C@H](C)CN(c2nc(=O)n3c4c(c(-c5cc(Br)c(F)cc5F)c(C(F)(F)F)cc24)SC[C@@H](n2nc4ccccn4c2=O)C3)C[C@@H]1C. The molecule has 7 rings (SSSR count). The Morgan fingerprint density at radius 2 is 1.78 bits per heavy atom. The van der Waals surface area contributed by atoms with Crippen LogP contribution in [0, 0.1) is 11.6 Å². The molecule has 260 valence electrons. The summed E-state index contributed by atoms with van der Waals surface area (Å²) in [5, 5.41) is 4.39. The second kappa shape index (κ2) is 12.4. The number of aromatic nitrogens is 5. The van der Waals surface area contributed by atoms with Crippen LogP contribution < -0.4 is 16.3 Å². The minimum atomic E-state index is -5.04. The Morgan fingerprint density at radius 1 is 1.06 bits per heavy atom. The highest BCUT2D eigenvalue weighted by atomic mass is 79.9. The number of pyridine rings is 1. The summed E-state index contributed by atoms with van der Waals surface area (Å²) < 4.78 is 78.8. The molecule has 0 radical (unpaired) electrons. The number of anilines is 1. The van der Waals surface area contributed by atoms with E-state index in [1.54, 1.807) is 41.8 Å². The van der Waals surface area contributed by atoms with E-state index in [4.69, 9.17) is 0 Å². The number of fused-ring (bicyclic) bond motifs is 1. The van der Waals surface area contributed by atoms with Gasteiger partial charge in [0, 0.05) is 64.6 Å². The predicted molar refractivity (Wildman–Crippen MR) is 181 cm³/mol. The van der Waals surface area contributed by atoms with Gasteiger partial charge in [0.1, 0.15) is 17.5 Å². The number of hydrogen-bond acceptors (Lipinski definition) is 7. The van der Waals surface area contributed by atoms with Crippen LogP contribution in [0.5, 0.6) is 0 Å². The van der Waals surface area contributed by atoms with Gasteiger partial charge in [-0.1, -0.05) is 12.6 Å². The molecular formula is C33H27BrF5N7O3S. The zero-order valence-electron chi connectivity index (χ0n) is 26.4. The molecule has 0 saturated carbocycles. The molecule has 2 aliphatic heterocycles. The third-order valence-corrected chi connectivity index (χ3v) is 10.9. The van der Waals surface area contributed by atoms with Gasteiger partial charge >= 0.3 is 17.6 Å². The molecule has 2 aromatic carbocycles. The minimum Gasteiger partial charge on any atom is -0.352 e. The zero-order chi connectivity index (χ0) is 35.8. The van der Waals surface area contributed by atoms with E-state index in [1.165, 1.54) is 25.9 Å². The number of thioether (sulfide) groups is 1. The number of nitrogens with zero attached hydrogens (tertiary/aromatic N) is 7. The summed E-state index contributed by atoms with van der Waals surface area (Å²) in [4.78, 5) is 47.6. The second-order valence-electron chi connectivity index (χ2n) is 12.3. The topological polar surface area (TPSA) is 97.7 Å². The highest BCUT2D eigenvalue weighted by Crippen LogP contribution is 2.50. The van der Waals surface area contributed by atoms with Crippen molar-refractivity contribution in [3.05, 3.63) is 97.9 Å². The van der Waals surface area contributed by atoms with Gasteiger partial charge in [0.15, 0.2) is 5.65 Å². The van der Waals surface area contributed by atoms with Gasteiger partial charge in [0.05, 0.1) is 28.1 Å². The lowest BCUT2D eigenvalue weighted by Crippen LogP contribution is -2.58. The molecule has 3 aromatic heterocycles. The van der Waals surface area contributed by atoms with Crippen LogP contribution in [0.2, 0.25) is 0 Å². The largest absolute Gasteiger partial charge is 0.417 e. The minimum absolute atomic E-state index is 0.0318. The van der Waals surface area contributed by atoms with E-state index in [0.717, 1.165) is 23.9 Å². The Balaban J connectivity index is 1.52. The first-order valence-corrected chi connectivity index (χ1v) is 17.2. The average Bonchev–Trinajstić information content (AvgIpc) is 3.26. The average molecular weight is 777 g/mol. The fraction of sp³-hybridized carbons (Fsp3) is 0.303. The smallest absolute Gasteiger partial charge is 0.352 e. The first kappa shape index (κ1) is 34.0. The van der Waals surface area contributed by atoms with Gasteiger partial charge in [-0.25, -0.2) is 23.1 Å². The van der Waals surface area contributed by atoms with Crippen molar-refractivity contribution in [1.29, 1.82) is 0 Å². The second-order valence-corrected chi connectivity index (χ2v) is 14.2. The standard InChI is InChI=1S/C33H27BrF5N7O3S/c1-4-26(47)45-16(2)12-42(13-17(45)3)30-20-9-21(33(37,38)39)27(19-10-22(34)24(36)11-23(19)35)29-28(20)44(31(48)40-30)14-18(15-50-29)46-32(49)43-8-6-5-7-25(43)41-46/h4-11,16-18H,1,12-15H2,2-3H3/t16-,17+,18-/m0/s1. The third kappa shape index (κ3) is 5.50. The molecule has 10 nitrogen and oxygen atoms in total. The maximum Gasteiger partial charge on any atom is 0.417 e. The molecule has 0 unspecified atom stereocenters. The van der Waals surface area contributed by atoms with E-state index >= 15 is 17.6 Å². The summed E-state index contributed by atoms with van der Waals surface area (Å²) in [5.74, 6) is -2.63. The van der Waals surface area contributed by atoms with Gasteiger partial charge in [-0.15, -0.1) is 16.9 Å². The molecule has 1 saturated heterocycles. The fourth-order valence-corrected chi connectivity index (χ4v) is 8.62. The van der Waals surface area contributed by atoms with E-state index in [9.17, 15) is 18.8 Å². The van der Waals surface area contributed by atoms with E-state index in [0.29, 0.717) is 11.7 Å². The molecule has 0 aliphatic carbocycles. The van der Waals surface area contributed by atoms with Crippen LogP contribution in [0.15, 0.2) is 74.2 Å². The lowest BCUT2D eigenvalue weighted by atomic mass is 9.95. The molecule has 17 heteroatoms. The first-order valence-electron chi connectivity index (χ1n) is 15.4. The van der Waals surface area contributed by atoms with Crippen LogP contribution in [0.4, 0.5) is 27.8 Å². The Kier molecular flexibility index (Phi) is 8.40. The number of carbonyl (C=O) groups is 1. The number of alkyl halides is 3. The molecule has 5 aromatic rings. The van der Waals surface area contributed by atoms with Crippen molar-refractivity contribution in [2.75, 3.05) is 23.7 Å². The Bertz CT molecular complexity index is 2350. The van der Waals surface area contributed by atoms with Crippen molar-refractivity contribution in [1.82, 2.24) is 28.6 Å². The van der Waals surface area contributed by atoms with E-state index < -0.39 is 64.0 Å². The summed E-state index contributed by atoms with van der Waals surface area (Å²) in [7, 11) is 0. The molecule has 2 aliphatic rings. The van der Waals surface area contributed by atoms with Crippen molar-refractivity contribution in [3.8, 4) is 11.1 Å². The first-order chi connectivity index (χ1) is 23.7. The molecule has 0 bridgehead atoms. The number of benzene rings is 2. The van der Waals surface area contributed by atoms with Crippen molar-refractivity contribution in [2.45, 2.75) is 49.6 Å². The van der Waals surface area contributed by atoms with Gasteiger partial charge in [0.2, 0.25) is 5.91 Å². The van der Waals surface area contributed by atoms with E-state index in [2.05, 4.69) is 32.6 Å². The van der Waals surface area contributed by atoms with Crippen molar-refractivity contribution in [3.63, 3.8) is 0 Å². The quantitative estimate of drug-likeness (QED) is 0.128.